The fourth-order valence-corrected chi connectivity index (χ4v) is 2.48. The van der Waals surface area contributed by atoms with Crippen molar-refractivity contribution < 1.29 is 4.79 Å². The lowest BCUT2D eigenvalue weighted by molar-refractivity contribution is -0.120. The van der Waals surface area contributed by atoms with E-state index in [0.717, 1.165) is 34.4 Å². The Bertz CT molecular complexity index is 668. The van der Waals surface area contributed by atoms with Gasteiger partial charge in [0.15, 0.2) is 0 Å². The van der Waals surface area contributed by atoms with Crippen molar-refractivity contribution in [1.29, 1.82) is 0 Å². The van der Waals surface area contributed by atoms with Crippen molar-refractivity contribution in [2.75, 3.05) is 11.9 Å². The van der Waals surface area contributed by atoms with Crippen LogP contribution in [0.3, 0.4) is 0 Å². The lowest BCUT2D eigenvalue weighted by Crippen LogP contribution is -2.45. The zero-order valence-corrected chi connectivity index (χ0v) is 15.0. The zero-order valence-electron chi connectivity index (χ0n) is 13.4. The van der Waals surface area contributed by atoms with E-state index in [0.29, 0.717) is 0 Å². The number of rotatable bonds is 6. The molecule has 0 aliphatic heterocycles. The number of nitrogens with one attached hydrogen (secondary N) is 2. The van der Waals surface area contributed by atoms with Crippen LogP contribution < -0.4 is 16.4 Å². The van der Waals surface area contributed by atoms with E-state index < -0.39 is 5.54 Å². The van der Waals surface area contributed by atoms with E-state index in [2.05, 4.69) is 33.5 Å². The Morgan fingerprint density at radius 3 is 2.57 bits per heavy atom. The van der Waals surface area contributed by atoms with Crippen molar-refractivity contribution in [3.8, 4) is 0 Å². The van der Waals surface area contributed by atoms with Crippen molar-refractivity contribution in [3.63, 3.8) is 0 Å². The molecule has 2 aromatic rings. The summed E-state index contributed by atoms with van der Waals surface area (Å²) >= 11 is 3.38. The molecule has 23 heavy (non-hydrogen) atoms. The number of hydrogen-bond donors (Lipinski definition) is 3. The highest BCUT2D eigenvalue weighted by molar-refractivity contribution is 9.10. The monoisotopic (exact) mass is 375 g/mol. The van der Waals surface area contributed by atoms with Gasteiger partial charge in [-0.2, -0.15) is 0 Å². The van der Waals surface area contributed by atoms with Gasteiger partial charge >= 0.3 is 0 Å². The predicted octanol–water partition coefficient (Wildman–Crippen LogP) is 3.37. The first-order chi connectivity index (χ1) is 10.9. The quantitative estimate of drug-likeness (QED) is 0.724. The van der Waals surface area contributed by atoms with Gasteiger partial charge in [0.1, 0.15) is 5.54 Å². The number of hydrogen-bond acceptors (Lipinski definition) is 3. The molecule has 1 amide bonds. The lowest BCUT2D eigenvalue weighted by atomic mass is 9.92. The van der Waals surface area contributed by atoms with Gasteiger partial charge in [-0.1, -0.05) is 47.1 Å². The standard InChI is InChI=1S/C18H22BrN3O/c1-3-21-12-13-5-4-6-16(11-13)22-17(23)18(2,20)14-7-9-15(19)10-8-14/h4-11,21H,3,12,20H2,1-2H3,(H,22,23). The number of nitrogens with two attached hydrogens (primary N) is 1. The Balaban J connectivity index is 2.12. The lowest BCUT2D eigenvalue weighted by Gasteiger charge is -2.24. The molecule has 2 rings (SSSR count). The Hall–Kier alpha value is -1.69. The molecule has 4 nitrogen and oxygen atoms in total. The van der Waals surface area contributed by atoms with Crippen molar-refractivity contribution in [2.24, 2.45) is 5.73 Å². The molecule has 1 atom stereocenters. The van der Waals surface area contributed by atoms with Crippen molar-refractivity contribution in [3.05, 3.63) is 64.1 Å². The van der Waals surface area contributed by atoms with Gasteiger partial charge in [-0.25, -0.2) is 0 Å². The Morgan fingerprint density at radius 1 is 1.22 bits per heavy atom. The summed E-state index contributed by atoms with van der Waals surface area (Å²) in [4.78, 5) is 12.6. The number of anilines is 1. The molecule has 4 N–H and O–H groups in total. The van der Waals surface area contributed by atoms with E-state index >= 15 is 0 Å². The Kier molecular flexibility index (Phi) is 5.93. The average Bonchev–Trinajstić information content (AvgIpc) is 2.53. The third-order valence-corrected chi connectivity index (χ3v) is 4.21. The van der Waals surface area contributed by atoms with Crippen molar-refractivity contribution in [1.82, 2.24) is 5.32 Å². The highest BCUT2D eigenvalue weighted by atomic mass is 79.9. The maximum absolute atomic E-state index is 12.6. The molecule has 0 spiro atoms. The van der Waals surface area contributed by atoms with E-state index in [9.17, 15) is 4.79 Å². The van der Waals surface area contributed by atoms with Gasteiger partial charge in [0.25, 0.3) is 0 Å². The summed E-state index contributed by atoms with van der Waals surface area (Å²) < 4.78 is 0.952. The normalized spacial score (nSPS) is 13.4. The topological polar surface area (TPSA) is 67.1 Å². The molecule has 5 heteroatoms. The fraction of sp³-hybridized carbons (Fsp3) is 0.278. The smallest absolute Gasteiger partial charge is 0.248 e. The van der Waals surface area contributed by atoms with Crippen LogP contribution in [-0.2, 0) is 16.9 Å². The first-order valence-electron chi connectivity index (χ1n) is 7.59. The number of benzene rings is 2. The van der Waals surface area contributed by atoms with Gasteiger partial charge in [-0.3, -0.25) is 4.79 Å². The molecule has 0 radical (unpaired) electrons. The molecule has 0 aliphatic carbocycles. The summed E-state index contributed by atoms with van der Waals surface area (Å²) in [7, 11) is 0. The summed E-state index contributed by atoms with van der Waals surface area (Å²) in [5, 5.41) is 6.17. The molecule has 0 bridgehead atoms. The molecule has 0 saturated heterocycles. The minimum atomic E-state index is -1.10. The summed E-state index contributed by atoms with van der Waals surface area (Å²) in [6, 6.07) is 15.2. The molecule has 0 heterocycles. The predicted molar refractivity (Wildman–Crippen MR) is 98.1 cm³/mol. The second-order valence-electron chi connectivity index (χ2n) is 5.64. The number of carbonyl (C=O) groups excluding carboxylic acids is 1. The van der Waals surface area contributed by atoms with E-state index in [1.165, 1.54) is 0 Å². The molecule has 0 fully saturated rings. The fourth-order valence-electron chi connectivity index (χ4n) is 2.22. The van der Waals surface area contributed by atoms with Crippen LogP contribution in [0.5, 0.6) is 0 Å². The third kappa shape index (κ3) is 4.64. The molecule has 122 valence electrons. The maximum atomic E-state index is 12.6. The first-order valence-corrected chi connectivity index (χ1v) is 8.39. The van der Waals surface area contributed by atoms with Crippen LogP contribution in [0.15, 0.2) is 53.0 Å². The summed E-state index contributed by atoms with van der Waals surface area (Å²) in [6.07, 6.45) is 0. The minimum absolute atomic E-state index is 0.236. The summed E-state index contributed by atoms with van der Waals surface area (Å²) in [5.41, 5.74) is 7.79. The van der Waals surface area contributed by atoms with Gasteiger partial charge < -0.3 is 16.4 Å². The molecule has 0 saturated carbocycles. The van der Waals surface area contributed by atoms with E-state index in [1.807, 2.05) is 48.5 Å². The van der Waals surface area contributed by atoms with Crippen LogP contribution in [0.25, 0.3) is 0 Å². The van der Waals surface area contributed by atoms with Gasteiger partial charge in [-0.05, 0) is 48.9 Å². The third-order valence-electron chi connectivity index (χ3n) is 3.68. The largest absolute Gasteiger partial charge is 0.324 e. The highest BCUT2D eigenvalue weighted by Gasteiger charge is 2.30. The minimum Gasteiger partial charge on any atom is -0.324 e. The molecule has 1 unspecified atom stereocenters. The molecule has 0 aliphatic rings. The summed E-state index contributed by atoms with van der Waals surface area (Å²) in [5.74, 6) is -0.236. The van der Waals surface area contributed by atoms with Crippen molar-refractivity contribution >= 4 is 27.5 Å². The van der Waals surface area contributed by atoms with E-state index in [4.69, 9.17) is 5.73 Å². The Labute approximate surface area is 145 Å². The van der Waals surface area contributed by atoms with Gasteiger partial charge in [-0.15, -0.1) is 0 Å². The van der Waals surface area contributed by atoms with Crippen LogP contribution in [0.2, 0.25) is 0 Å². The van der Waals surface area contributed by atoms with Crippen LogP contribution in [0.1, 0.15) is 25.0 Å². The second kappa shape index (κ2) is 7.73. The number of amides is 1. The van der Waals surface area contributed by atoms with Crippen LogP contribution in [0, 0.1) is 0 Å². The first kappa shape index (κ1) is 17.7. The second-order valence-corrected chi connectivity index (χ2v) is 6.56. The molecular weight excluding hydrogens is 354 g/mol. The molecule has 2 aromatic carbocycles. The van der Waals surface area contributed by atoms with Gasteiger partial charge in [0.2, 0.25) is 5.91 Å². The summed E-state index contributed by atoms with van der Waals surface area (Å²) in [6.45, 7) is 5.45. The van der Waals surface area contributed by atoms with Gasteiger partial charge in [0, 0.05) is 16.7 Å². The van der Waals surface area contributed by atoms with Crippen molar-refractivity contribution in [2.45, 2.75) is 25.9 Å². The Morgan fingerprint density at radius 2 is 1.91 bits per heavy atom. The van der Waals surface area contributed by atoms with Crippen LogP contribution in [0.4, 0.5) is 5.69 Å². The van der Waals surface area contributed by atoms with Crippen LogP contribution in [-0.4, -0.2) is 12.5 Å². The molecule has 0 aromatic heterocycles. The SMILES string of the molecule is CCNCc1cccc(NC(=O)C(C)(N)c2ccc(Br)cc2)c1. The highest BCUT2D eigenvalue weighted by Crippen LogP contribution is 2.22. The van der Waals surface area contributed by atoms with Crippen LogP contribution >= 0.6 is 15.9 Å². The zero-order chi connectivity index (χ0) is 16.9. The maximum Gasteiger partial charge on any atom is 0.248 e. The molecular formula is C18H22BrN3O. The number of halogens is 1. The average molecular weight is 376 g/mol. The van der Waals surface area contributed by atoms with Gasteiger partial charge in [0.05, 0.1) is 0 Å². The number of carbonyl (C=O) groups is 1. The van der Waals surface area contributed by atoms with E-state index in [1.54, 1.807) is 6.92 Å². The van der Waals surface area contributed by atoms with E-state index in [-0.39, 0.29) is 5.91 Å².